The maximum absolute atomic E-state index is 13.7. The highest BCUT2D eigenvalue weighted by molar-refractivity contribution is 7.15. The van der Waals surface area contributed by atoms with E-state index in [-0.39, 0.29) is 0 Å². The number of nitrogens with zero attached hydrogens (tertiary/aromatic N) is 1. The van der Waals surface area contributed by atoms with Gasteiger partial charge in [-0.3, -0.25) is 0 Å². The molecule has 1 heterocycles. The number of benzene rings is 1. The van der Waals surface area contributed by atoms with E-state index in [1.54, 1.807) is 19.2 Å². The normalized spacial score (nSPS) is 11.8. The lowest BCUT2D eigenvalue weighted by Gasteiger charge is -2.04. The lowest BCUT2D eigenvalue weighted by Crippen LogP contribution is -2.06. The van der Waals surface area contributed by atoms with Crippen molar-refractivity contribution >= 4 is 11.3 Å². The van der Waals surface area contributed by atoms with Gasteiger partial charge >= 0.3 is 6.18 Å². The number of thiazole rings is 1. The highest BCUT2D eigenvalue weighted by Gasteiger charge is 2.34. The molecule has 0 saturated heterocycles. The van der Waals surface area contributed by atoms with E-state index in [2.05, 4.69) is 10.3 Å². The third-order valence-electron chi connectivity index (χ3n) is 2.45. The first kappa shape index (κ1) is 14.0. The van der Waals surface area contributed by atoms with Gasteiger partial charge in [0.2, 0.25) is 0 Å². The molecule has 0 aliphatic carbocycles. The van der Waals surface area contributed by atoms with Crippen LogP contribution < -0.4 is 5.32 Å². The molecule has 19 heavy (non-hydrogen) atoms. The van der Waals surface area contributed by atoms with Gasteiger partial charge in [-0.2, -0.15) is 13.2 Å². The molecule has 0 bridgehead atoms. The zero-order valence-corrected chi connectivity index (χ0v) is 10.7. The van der Waals surface area contributed by atoms with Crippen molar-refractivity contribution in [3.8, 4) is 10.4 Å². The smallest absolute Gasteiger partial charge is 0.316 e. The topological polar surface area (TPSA) is 24.9 Å². The van der Waals surface area contributed by atoms with E-state index in [0.29, 0.717) is 33.9 Å². The summed E-state index contributed by atoms with van der Waals surface area (Å²) in [6.45, 7) is 0.364. The average molecular weight is 290 g/mol. The van der Waals surface area contributed by atoms with Gasteiger partial charge in [0.15, 0.2) is 5.01 Å². The van der Waals surface area contributed by atoms with Gasteiger partial charge in [0, 0.05) is 18.3 Å². The minimum Gasteiger partial charge on any atom is -0.316 e. The fraction of sp³-hybridized carbons (Fsp3) is 0.250. The summed E-state index contributed by atoms with van der Waals surface area (Å²) in [6.07, 6.45) is -3.35. The van der Waals surface area contributed by atoms with E-state index in [4.69, 9.17) is 0 Å². The number of hydrogen-bond acceptors (Lipinski definition) is 3. The average Bonchev–Trinajstić information content (AvgIpc) is 2.81. The number of halogens is 4. The fourth-order valence-corrected chi connectivity index (χ4v) is 2.35. The quantitative estimate of drug-likeness (QED) is 0.872. The van der Waals surface area contributed by atoms with Crippen LogP contribution in [0, 0.1) is 5.82 Å². The summed E-state index contributed by atoms with van der Waals surface area (Å²) in [4.78, 5) is 3.60. The summed E-state index contributed by atoms with van der Waals surface area (Å²) in [5, 5.41) is 1.88. The second-order valence-electron chi connectivity index (χ2n) is 3.86. The molecule has 0 amide bonds. The maximum Gasteiger partial charge on any atom is 0.443 e. The predicted molar refractivity (Wildman–Crippen MR) is 65.3 cm³/mol. The van der Waals surface area contributed by atoms with Crippen molar-refractivity contribution in [2.75, 3.05) is 7.05 Å². The molecule has 0 radical (unpaired) electrons. The molecular formula is C12H10F4N2S. The van der Waals surface area contributed by atoms with Crippen LogP contribution in [0.25, 0.3) is 10.4 Å². The molecule has 102 valence electrons. The Kier molecular flexibility index (Phi) is 3.86. The molecule has 0 aliphatic rings. The molecule has 1 N–H and O–H groups in total. The van der Waals surface area contributed by atoms with Gasteiger partial charge in [-0.05, 0) is 18.7 Å². The van der Waals surface area contributed by atoms with Crippen molar-refractivity contribution < 1.29 is 17.6 Å². The van der Waals surface area contributed by atoms with E-state index >= 15 is 0 Å². The molecule has 1 aromatic carbocycles. The van der Waals surface area contributed by atoms with Gasteiger partial charge in [0.1, 0.15) is 5.82 Å². The minimum absolute atomic E-state index is 0.294. The standard InChI is InChI=1S/C12H10F4N2S/c1-17-5-8-3-2-7(4-9(8)13)10-6-18-11(19-10)12(14,15)16/h2-4,6,17H,5H2,1H3. The third-order valence-corrected chi connectivity index (χ3v) is 3.54. The van der Waals surface area contributed by atoms with E-state index in [1.165, 1.54) is 6.07 Å². The van der Waals surface area contributed by atoms with Gasteiger partial charge in [-0.25, -0.2) is 9.37 Å². The van der Waals surface area contributed by atoms with Crippen molar-refractivity contribution in [1.82, 2.24) is 10.3 Å². The van der Waals surface area contributed by atoms with Crippen LogP contribution in [0.1, 0.15) is 10.6 Å². The van der Waals surface area contributed by atoms with Crippen LogP contribution in [0.5, 0.6) is 0 Å². The summed E-state index contributed by atoms with van der Waals surface area (Å²) in [5.74, 6) is -0.450. The van der Waals surface area contributed by atoms with E-state index in [1.807, 2.05) is 0 Å². The summed E-state index contributed by atoms with van der Waals surface area (Å²) >= 11 is 0.502. The van der Waals surface area contributed by atoms with Crippen molar-refractivity contribution in [3.05, 3.63) is 40.8 Å². The molecule has 0 atom stereocenters. The van der Waals surface area contributed by atoms with Crippen molar-refractivity contribution in [2.24, 2.45) is 0 Å². The lowest BCUT2D eigenvalue weighted by molar-refractivity contribution is -0.137. The monoisotopic (exact) mass is 290 g/mol. The van der Waals surface area contributed by atoms with E-state index in [9.17, 15) is 17.6 Å². The highest BCUT2D eigenvalue weighted by Crippen LogP contribution is 2.36. The summed E-state index contributed by atoms with van der Waals surface area (Å²) in [6, 6.07) is 4.36. The number of hydrogen-bond donors (Lipinski definition) is 1. The molecular weight excluding hydrogens is 280 g/mol. The first-order valence-corrected chi connectivity index (χ1v) is 6.20. The second-order valence-corrected chi connectivity index (χ2v) is 4.89. The Morgan fingerprint density at radius 1 is 1.32 bits per heavy atom. The molecule has 0 fully saturated rings. The Hall–Kier alpha value is -1.47. The molecule has 0 aliphatic heterocycles. The first-order chi connectivity index (χ1) is 8.91. The maximum atomic E-state index is 13.7. The Balaban J connectivity index is 2.32. The Morgan fingerprint density at radius 2 is 2.05 bits per heavy atom. The van der Waals surface area contributed by atoms with Crippen LogP contribution in [0.15, 0.2) is 24.4 Å². The van der Waals surface area contributed by atoms with Crippen LogP contribution in [0.4, 0.5) is 17.6 Å². The number of rotatable bonds is 3. The highest BCUT2D eigenvalue weighted by atomic mass is 32.1. The van der Waals surface area contributed by atoms with Crippen LogP contribution in [-0.4, -0.2) is 12.0 Å². The van der Waals surface area contributed by atoms with Gasteiger partial charge in [0.05, 0.1) is 4.88 Å². The molecule has 0 unspecified atom stereocenters. The van der Waals surface area contributed by atoms with Crippen LogP contribution in [0.3, 0.4) is 0 Å². The van der Waals surface area contributed by atoms with Crippen LogP contribution in [0.2, 0.25) is 0 Å². The summed E-state index contributed by atoms with van der Waals surface area (Å²) in [5.41, 5.74) is 0.858. The third kappa shape index (κ3) is 3.10. The minimum atomic E-state index is -4.46. The van der Waals surface area contributed by atoms with Gasteiger partial charge in [-0.1, -0.05) is 12.1 Å². The lowest BCUT2D eigenvalue weighted by atomic mass is 10.1. The largest absolute Gasteiger partial charge is 0.443 e. The molecule has 0 spiro atoms. The van der Waals surface area contributed by atoms with Gasteiger partial charge in [-0.15, -0.1) is 11.3 Å². The summed E-state index contributed by atoms with van der Waals surface area (Å²) in [7, 11) is 1.69. The van der Waals surface area contributed by atoms with Crippen molar-refractivity contribution in [3.63, 3.8) is 0 Å². The molecule has 2 aromatic rings. The Morgan fingerprint density at radius 3 is 2.58 bits per heavy atom. The molecule has 1 aromatic heterocycles. The number of alkyl halides is 3. The predicted octanol–water partition coefficient (Wildman–Crippen LogP) is 3.69. The molecule has 7 heteroatoms. The summed E-state index contributed by atoms with van der Waals surface area (Å²) < 4.78 is 51.0. The fourth-order valence-electron chi connectivity index (χ4n) is 1.57. The zero-order chi connectivity index (χ0) is 14.0. The van der Waals surface area contributed by atoms with Gasteiger partial charge < -0.3 is 5.32 Å². The Labute approximate surface area is 111 Å². The molecule has 0 saturated carbocycles. The Bertz CT molecular complexity index is 577. The van der Waals surface area contributed by atoms with Crippen LogP contribution in [-0.2, 0) is 12.7 Å². The molecule has 2 nitrogen and oxygen atoms in total. The van der Waals surface area contributed by atoms with E-state index in [0.717, 1.165) is 6.20 Å². The van der Waals surface area contributed by atoms with E-state index < -0.39 is 17.0 Å². The van der Waals surface area contributed by atoms with Crippen LogP contribution >= 0.6 is 11.3 Å². The molecule has 2 rings (SSSR count). The zero-order valence-electron chi connectivity index (χ0n) is 9.88. The number of aromatic nitrogens is 1. The van der Waals surface area contributed by atoms with Crippen molar-refractivity contribution in [2.45, 2.75) is 12.7 Å². The van der Waals surface area contributed by atoms with Crippen molar-refractivity contribution in [1.29, 1.82) is 0 Å². The number of nitrogens with one attached hydrogen (secondary N) is 1. The first-order valence-electron chi connectivity index (χ1n) is 5.38. The second kappa shape index (κ2) is 5.26. The van der Waals surface area contributed by atoms with Gasteiger partial charge in [0.25, 0.3) is 0 Å². The SMILES string of the molecule is CNCc1ccc(-c2cnc(C(F)(F)F)s2)cc1F.